The molecule has 5 aromatic rings. The summed E-state index contributed by atoms with van der Waals surface area (Å²) >= 11 is 2.78. The molecule has 29 heavy (non-hydrogen) atoms. The number of benzene rings is 2. The van der Waals surface area contributed by atoms with Gasteiger partial charge in [-0.1, -0.05) is 54.2 Å². The number of thioether (sulfide) groups is 1. The lowest BCUT2D eigenvalue weighted by Crippen LogP contribution is -2.12. The number of H-pyrrole nitrogens is 2. The molecule has 0 bridgehead atoms. The molecule has 0 spiro atoms. The molecule has 0 aliphatic rings. The largest absolute Gasteiger partial charge is 0.309 e. The number of aromatic nitrogens is 4. The molecule has 0 atom stereocenters. The molecule has 0 aliphatic heterocycles. The summed E-state index contributed by atoms with van der Waals surface area (Å²) in [5, 5.41) is 3.61. The van der Waals surface area contributed by atoms with E-state index in [9.17, 15) is 9.59 Å². The number of hydrogen-bond donors (Lipinski definition) is 2. The topological polar surface area (TPSA) is 91.5 Å². The number of nitrogens with one attached hydrogen (secondary N) is 2. The maximum Gasteiger partial charge on any atom is 0.260 e. The summed E-state index contributed by atoms with van der Waals surface area (Å²) in [4.78, 5) is 40.3. The smallest absolute Gasteiger partial charge is 0.260 e. The summed E-state index contributed by atoms with van der Waals surface area (Å²) < 4.78 is 0. The van der Waals surface area contributed by atoms with Crippen LogP contribution < -0.4 is 11.1 Å². The lowest BCUT2D eigenvalue weighted by Gasteiger charge is -2.04. The average molecular weight is 419 g/mol. The van der Waals surface area contributed by atoms with E-state index in [1.165, 1.54) is 23.1 Å². The Morgan fingerprint density at radius 3 is 2.55 bits per heavy atom. The predicted octanol–water partition coefficient (Wildman–Crippen LogP) is 4.18. The molecule has 0 fully saturated rings. The van der Waals surface area contributed by atoms with E-state index >= 15 is 0 Å². The van der Waals surface area contributed by atoms with Gasteiger partial charge in [0.1, 0.15) is 10.7 Å². The molecule has 0 amide bonds. The van der Waals surface area contributed by atoms with Gasteiger partial charge in [0.15, 0.2) is 5.16 Å². The van der Waals surface area contributed by atoms with E-state index in [1.807, 2.05) is 41.8 Å². The van der Waals surface area contributed by atoms with Crippen LogP contribution in [0.15, 0.2) is 74.7 Å². The molecule has 3 aromatic heterocycles. The van der Waals surface area contributed by atoms with Crippen LogP contribution in [0.4, 0.5) is 0 Å². The lowest BCUT2D eigenvalue weighted by atomic mass is 10.1. The normalized spacial score (nSPS) is 11.3. The second-order valence-corrected chi connectivity index (χ2v) is 8.21. The first kappa shape index (κ1) is 17.8. The lowest BCUT2D eigenvalue weighted by molar-refractivity contribution is 0.965. The fourth-order valence-corrected chi connectivity index (χ4v) is 4.87. The molecule has 0 radical (unpaired) electrons. The van der Waals surface area contributed by atoms with Gasteiger partial charge in [0.25, 0.3) is 11.1 Å². The Balaban J connectivity index is 1.46. The van der Waals surface area contributed by atoms with E-state index in [0.717, 1.165) is 11.1 Å². The van der Waals surface area contributed by atoms with E-state index in [-0.39, 0.29) is 11.1 Å². The zero-order valence-corrected chi connectivity index (χ0v) is 16.6. The second kappa shape index (κ2) is 7.31. The minimum atomic E-state index is -0.180. The van der Waals surface area contributed by atoms with Crippen molar-refractivity contribution in [2.45, 2.75) is 10.9 Å². The number of thiophene rings is 1. The first-order valence-electron chi connectivity index (χ1n) is 8.87. The maximum absolute atomic E-state index is 12.7. The first-order chi connectivity index (χ1) is 14.2. The quantitative estimate of drug-likeness (QED) is 0.337. The Bertz CT molecular complexity index is 1450. The third-order valence-electron chi connectivity index (χ3n) is 4.51. The number of fused-ring (bicyclic) bond motifs is 2. The molecule has 0 aliphatic carbocycles. The number of aromatic amines is 2. The van der Waals surface area contributed by atoms with Crippen LogP contribution in [-0.4, -0.2) is 19.9 Å². The van der Waals surface area contributed by atoms with Gasteiger partial charge in [0.05, 0.1) is 22.0 Å². The van der Waals surface area contributed by atoms with Crippen LogP contribution >= 0.6 is 23.1 Å². The fraction of sp³-hybridized carbons (Fsp3) is 0.0476. The zero-order chi connectivity index (χ0) is 19.8. The van der Waals surface area contributed by atoms with Gasteiger partial charge in [0.2, 0.25) is 0 Å². The van der Waals surface area contributed by atoms with Crippen molar-refractivity contribution >= 4 is 44.2 Å². The Labute approximate surface area is 172 Å². The second-order valence-electron chi connectivity index (χ2n) is 6.39. The van der Waals surface area contributed by atoms with Crippen molar-refractivity contribution in [1.82, 2.24) is 19.9 Å². The average Bonchev–Trinajstić information content (AvgIpc) is 3.18. The van der Waals surface area contributed by atoms with Crippen LogP contribution in [0, 0.1) is 0 Å². The first-order valence-corrected chi connectivity index (χ1v) is 10.7. The van der Waals surface area contributed by atoms with Crippen LogP contribution in [0.2, 0.25) is 0 Å². The van der Waals surface area contributed by atoms with Gasteiger partial charge in [-0.25, -0.2) is 9.97 Å². The molecule has 2 aromatic carbocycles. The van der Waals surface area contributed by atoms with Crippen LogP contribution in [0.3, 0.4) is 0 Å². The SMILES string of the molecule is O=c1[nH]c(SCc2nc3scc(-c4ccccc4)c3c(=O)[nH]2)nc2ccccc12. The summed E-state index contributed by atoms with van der Waals surface area (Å²) in [6, 6.07) is 17.0. The minimum Gasteiger partial charge on any atom is -0.309 e. The van der Waals surface area contributed by atoms with Gasteiger partial charge in [-0.05, 0) is 17.7 Å². The van der Waals surface area contributed by atoms with Crippen molar-refractivity contribution in [2.24, 2.45) is 0 Å². The van der Waals surface area contributed by atoms with Crippen LogP contribution in [0.25, 0.3) is 32.2 Å². The Hall–Kier alpha value is -3.23. The van der Waals surface area contributed by atoms with Crippen molar-refractivity contribution in [3.05, 3.63) is 86.5 Å². The van der Waals surface area contributed by atoms with Gasteiger partial charge in [-0.3, -0.25) is 9.59 Å². The summed E-state index contributed by atoms with van der Waals surface area (Å²) in [6.45, 7) is 0. The van der Waals surface area contributed by atoms with Crippen LogP contribution in [-0.2, 0) is 5.75 Å². The molecule has 0 saturated carbocycles. The Morgan fingerprint density at radius 2 is 1.69 bits per heavy atom. The molecule has 6 nitrogen and oxygen atoms in total. The van der Waals surface area contributed by atoms with E-state index in [1.54, 1.807) is 18.2 Å². The van der Waals surface area contributed by atoms with Gasteiger partial charge in [-0.2, -0.15) is 0 Å². The number of rotatable bonds is 4. The van der Waals surface area contributed by atoms with Gasteiger partial charge >= 0.3 is 0 Å². The maximum atomic E-state index is 12.7. The van der Waals surface area contributed by atoms with Crippen molar-refractivity contribution in [2.75, 3.05) is 0 Å². The highest BCUT2D eigenvalue weighted by molar-refractivity contribution is 7.98. The molecule has 2 N–H and O–H groups in total. The summed E-state index contributed by atoms with van der Waals surface area (Å²) in [5.41, 5.74) is 2.18. The number of para-hydroxylation sites is 1. The molecule has 3 heterocycles. The minimum absolute atomic E-state index is 0.161. The van der Waals surface area contributed by atoms with Crippen molar-refractivity contribution < 1.29 is 0 Å². The summed E-state index contributed by atoms with van der Waals surface area (Å²) in [7, 11) is 0. The van der Waals surface area contributed by atoms with E-state index < -0.39 is 0 Å². The molecule has 5 rings (SSSR count). The highest BCUT2D eigenvalue weighted by atomic mass is 32.2. The highest BCUT2D eigenvalue weighted by Crippen LogP contribution is 2.30. The van der Waals surface area contributed by atoms with Crippen molar-refractivity contribution in [3.8, 4) is 11.1 Å². The molecule has 8 heteroatoms. The van der Waals surface area contributed by atoms with Crippen molar-refractivity contribution in [1.29, 1.82) is 0 Å². The van der Waals surface area contributed by atoms with E-state index in [0.29, 0.717) is 37.9 Å². The third kappa shape index (κ3) is 3.37. The fourth-order valence-electron chi connectivity index (χ4n) is 3.16. The molecular formula is C21H14N4O2S2. The van der Waals surface area contributed by atoms with Crippen LogP contribution in [0.1, 0.15) is 5.82 Å². The zero-order valence-electron chi connectivity index (χ0n) is 15.0. The van der Waals surface area contributed by atoms with Gasteiger partial charge in [0, 0.05) is 10.9 Å². The summed E-state index contributed by atoms with van der Waals surface area (Å²) in [5.74, 6) is 0.940. The third-order valence-corrected chi connectivity index (χ3v) is 6.27. The van der Waals surface area contributed by atoms with Crippen LogP contribution in [0.5, 0.6) is 0 Å². The van der Waals surface area contributed by atoms with Gasteiger partial charge in [-0.15, -0.1) is 11.3 Å². The van der Waals surface area contributed by atoms with E-state index in [4.69, 9.17) is 0 Å². The monoisotopic (exact) mass is 418 g/mol. The Kier molecular flexibility index (Phi) is 4.49. The Morgan fingerprint density at radius 1 is 0.897 bits per heavy atom. The molecule has 0 saturated heterocycles. The predicted molar refractivity (Wildman–Crippen MR) is 118 cm³/mol. The standard InChI is InChI=1S/C21H14N4O2S2/c26-18-13-8-4-5-9-15(13)22-21(25-18)29-11-16-23-19(27)17-14(10-28-20(17)24-16)12-6-2-1-3-7-12/h1-10H,11H2,(H,22,25,26)(H,23,24,27). The van der Waals surface area contributed by atoms with Gasteiger partial charge < -0.3 is 9.97 Å². The van der Waals surface area contributed by atoms with E-state index in [2.05, 4.69) is 19.9 Å². The number of hydrogen-bond acceptors (Lipinski definition) is 6. The number of nitrogens with zero attached hydrogens (tertiary/aromatic N) is 2. The molecular weight excluding hydrogens is 404 g/mol. The molecule has 142 valence electrons. The van der Waals surface area contributed by atoms with Crippen molar-refractivity contribution in [3.63, 3.8) is 0 Å². The molecule has 0 unspecified atom stereocenters. The summed E-state index contributed by atoms with van der Waals surface area (Å²) in [6.07, 6.45) is 0. The highest BCUT2D eigenvalue weighted by Gasteiger charge is 2.13.